The lowest BCUT2D eigenvalue weighted by Crippen LogP contribution is -2.24. The van der Waals surface area contributed by atoms with Crippen molar-refractivity contribution in [3.63, 3.8) is 0 Å². The molecule has 0 amide bonds. The van der Waals surface area contributed by atoms with Crippen LogP contribution in [0.25, 0.3) is 16.9 Å². The first-order chi connectivity index (χ1) is 16.0. The number of rotatable bonds is 6. The molecular weight excluding hydrogens is 516 g/mol. The molecule has 0 aliphatic heterocycles. The Bertz CT molecular complexity index is 1420. The Morgan fingerprint density at radius 1 is 1.15 bits per heavy atom. The van der Waals surface area contributed by atoms with Crippen LogP contribution in [0, 0.1) is 20.8 Å². The SMILES string of the molecule is Cc1cc(COc2nc(C)n(-c3cc(-c4ccnc(C(C)(C)O)n4)ccc3C)c(=O)c2Br)cs1. The molecule has 0 spiro atoms. The van der Waals surface area contributed by atoms with Gasteiger partial charge in [-0.3, -0.25) is 9.36 Å². The van der Waals surface area contributed by atoms with Crippen LogP contribution in [0.3, 0.4) is 0 Å². The van der Waals surface area contributed by atoms with Crippen LogP contribution >= 0.6 is 27.3 Å². The van der Waals surface area contributed by atoms with Crippen molar-refractivity contribution in [2.24, 2.45) is 0 Å². The van der Waals surface area contributed by atoms with Gasteiger partial charge in [-0.2, -0.15) is 4.98 Å². The van der Waals surface area contributed by atoms with Gasteiger partial charge in [0.2, 0.25) is 5.88 Å². The van der Waals surface area contributed by atoms with E-state index in [2.05, 4.69) is 36.9 Å². The topological polar surface area (TPSA) is 90.1 Å². The Kier molecular flexibility index (Phi) is 6.71. The highest BCUT2D eigenvalue weighted by atomic mass is 79.9. The van der Waals surface area contributed by atoms with E-state index in [4.69, 9.17) is 4.74 Å². The van der Waals surface area contributed by atoms with Crippen LogP contribution in [0.2, 0.25) is 0 Å². The summed E-state index contributed by atoms with van der Waals surface area (Å²) in [5.41, 5.74) is 2.66. The van der Waals surface area contributed by atoms with Gasteiger partial charge >= 0.3 is 0 Å². The van der Waals surface area contributed by atoms with Gasteiger partial charge in [0.1, 0.15) is 22.5 Å². The Balaban J connectivity index is 1.73. The summed E-state index contributed by atoms with van der Waals surface area (Å²) >= 11 is 5.05. The van der Waals surface area contributed by atoms with E-state index in [1.165, 1.54) is 4.88 Å². The number of hydrogen-bond acceptors (Lipinski definition) is 7. The first kappa shape index (κ1) is 24.3. The molecule has 0 saturated heterocycles. The zero-order valence-corrected chi connectivity index (χ0v) is 22.0. The average Bonchev–Trinajstić information content (AvgIpc) is 3.21. The van der Waals surface area contributed by atoms with E-state index in [0.717, 1.165) is 16.7 Å². The number of thiophene rings is 1. The van der Waals surface area contributed by atoms with Crippen LogP contribution in [0.1, 0.15) is 41.5 Å². The van der Waals surface area contributed by atoms with Gasteiger partial charge in [-0.15, -0.1) is 11.3 Å². The van der Waals surface area contributed by atoms with Gasteiger partial charge in [0.15, 0.2) is 5.82 Å². The van der Waals surface area contributed by atoms with Gasteiger partial charge in [0.05, 0.1) is 11.4 Å². The molecule has 3 heterocycles. The third-order valence-electron chi connectivity index (χ3n) is 5.27. The van der Waals surface area contributed by atoms with E-state index in [9.17, 15) is 9.90 Å². The zero-order chi connectivity index (χ0) is 24.6. The highest BCUT2D eigenvalue weighted by Crippen LogP contribution is 2.27. The standard InChI is InChI=1S/C25H25BrN4O3S/c1-14-6-7-18(19-8-9-27-24(29-19)25(4,5)32)11-20(14)30-16(3)28-22(21(26)23(30)31)33-12-17-10-15(2)34-13-17/h6-11,13,32H,12H2,1-5H3. The lowest BCUT2D eigenvalue weighted by atomic mass is 10.1. The largest absolute Gasteiger partial charge is 0.472 e. The second kappa shape index (κ2) is 9.40. The minimum Gasteiger partial charge on any atom is -0.472 e. The van der Waals surface area contributed by atoms with E-state index in [0.29, 0.717) is 29.6 Å². The number of benzene rings is 1. The Morgan fingerprint density at radius 3 is 2.59 bits per heavy atom. The van der Waals surface area contributed by atoms with Gasteiger partial charge in [0, 0.05) is 22.2 Å². The molecule has 34 heavy (non-hydrogen) atoms. The molecule has 4 aromatic rings. The molecule has 3 aromatic heterocycles. The van der Waals surface area contributed by atoms with Gasteiger partial charge < -0.3 is 9.84 Å². The third-order valence-corrected chi connectivity index (χ3v) is 6.86. The molecule has 0 saturated carbocycles. The number of nitrogens with zero attached hydrogens (tertiary/aromatic N) is 4. The maximum Gasteiger partial charge on any atom is 0.276 e. The molecule has 0 aliphatic rings. The summed E-state index contributed by atoms with van der Waals surface area (Å²) in [6, 6.07) is 9.58. The van der Waals surface area contributed by atoms with Crippen LogP contribution < -0.4 is 10.3 Å². The summed E-state index contributed by atoms with van der Waals surface area (Å²) in [5, 5.41) is 12.3. The van der Waals surface area contributed by atoms with Crippen molar-refractivity contribution in [3.8, 4) is 22.8 Å². The average molecular weight is 541 g/mol. The summed E-state index contributed by atoms with van der Waals surface area (Å²) < 4.78 is 7.67. The van der Waals surface area contributed by atoms with Crippen molar-refractivity contribution >= 4 is 27.3 Å². The fraction of sp³-hybridized carbons (Fsp3) is 0.280. The van der Waals surface area contributed by atoms with Crippen molar-refractivity contribution in [1.82, 2.24) is 19.5 Å². The number of aromatic nitrogens is 4. The third kappa shape index (κ3) is 4.96. The molecule has 7 nitrogen and oxygen atoms in total. The lowest BCUT2D eigenvalue weighted by Gasteiger charge is -2.17. The van der Waals surface area contributed by atoms with E-state index in [1.807, 2.05) is 37.4 Å². The number of ether oxygens (including phenoxy) is 1. The lowest BCUT2D eigenvalue weighted by molar-refractivity contribution is 0.0688. The molecule has 4 rings (SSSR count). The highest BCUT2D eigenvalue weighted by Gasteiger charge is 2.21. The Hall–Kier alpha value is -2.88. The summed E-state index contributed by atoms with van der Waals surface area (Å²) in [6.45, 7) is 9.37. The number of halogens is 1. The van der Waals surface area contributed by atoms with Crippen molar-refractivity contribution in [3.05, 3.63) is 84.4 Å². The van der Waals surface area contributed by atoms with Gasteiger partial charge in [-0.1, -0.05) is 12.1 Å². The van der Waals surface area contributed by atoms with Crippen LogP contribution in [-0.2, 0) is 12.2 Å². The smallest absolute Gasteiger partial charge is 0.276 e. The maximum atomic E-state index is 13.4. The quantitative estimate of drug-likeness (QED) is 0.359. The fourth-order valence-corrected chi connectivity index (χ4v) is 4.58. The molecule has 9 heteroatoms. The monoisotopic (exact) mass is 540 g/mol. The van der Waals surface area contributed by atoms with Gasteiger partial charge in [-0.25, -0.2) is 9.97 Å². The van der Waals surface area contributed by atoms with Crippen molar-refractivity contribution in [1.29, 1.82) is 0 Å². The van der Waals surface area contributed by atoms with Crippen molar-refractivity contribution in [2.45, 2.75) is 46.8 Å². The van der Waals surface area contributed by atoms with E-state index >= 15 is 0 Å². The molecule has 0 fully saturated rings. The number of aliphatic hydroxyl groups is 1. The minimum absolute atomic E-state index is 0.260. The van der Waals surface area contributed by atoms with Crippen LogP contribution in [0.15, 0.2) is 51.2 Å². The predicted octanol–water partition coefficient (Wildman–Crippen LogP) is 5.25. The predicted molar refractivity (Wildman–Crippen MR) is 137 cm³/mol. The first-order valence-corrected chi connectivity index (χ1v) is 12.3. The van der Waals surface area contributed by atoms with Crippen LogP contribution in [0.5, 0.6) is 5.88 Å². The second-order valence-corrected chi connectivity index (χ2v) is 10.5. The molecule has 0 bridgehead atoms. The Morgan fingerprint density at radius 2 is 1.91 bits per heavy atom. The normalized spacial score (nSPS) is 11.6. The summed E-state index contributed by atoms with van der Waals surface area (Å²) in [7, 11) is 0. The summed E-state index contributed by atoms with van der Waals surface area (Å²) in [4.78, 5) is 27.8. The molecular formula is C25H25BrN4O3S. The van der Waals surface area contributed by atoms with Crippen LogP contribution in [0.4, 0.5) is 0 Å². The Labute approximate surface area is 210 Å². The van der Waals surface area contributed by atoms with Gasteiger partial charge in [-0.05, 0) is 79.7 Å². The summed E-state index contributed by atoms with van der Waals surface area (Å²) in [5.74, 6) is 1.10. The number of aryl methyl sites for hydroxylation is 3. The van der Waals surface area contributed by atoms with Crippen molar-refractivity contribution in [2.75, 3.05) is 0 Å². The molecule has 0 aliphatic carbocycles. The molecule has 176 valence electrons. The van der Waals surface area contributed by atoms with Crippen molar-refractivity contribution < 1.29 is 9.84 Å². The molecule has 0 atom stereocenters. The second-order valence-electron chi connectivity index (χ2n) is 8.60. The maximum absolute atomic E-state index is 13.4. The minimum atomic E-state index is -1.16. The number of hydrogen-bond donors (Lipinski definition) is 1. The molecule has 0 unspecified atom stereocenters. The van der Waals surface area contributed by atoms with E-state index in [1.54, 1.807) is 48.9 Å². The van der Waals surface area contributed by atoms with Gasteiger partial charge in [0.25, 0.3) is 5.56 Å². The molecule has 1 aromatic carbocycles. The van der Waals surface area contributed by atoms with Crippen LogP contribution in [-0.4, -0.2) is 24.6 Å². The summed E-state index contributed by atoms with van der Waals surface area (Å²) in [6.07, 6.45) is 1.62. The highest BCUT2D eigenvalue weighted by molar-refractivity contribution is 9.10. The molecule has 0 radical (unpaired) electrons. The van der Waals surface area contributed by atoms with E-state index < -0.39 is 5.60 Å². The molecule has 1 N–H and O–H groups in total. The first-order valence-electron chi connectivity index (χ1n) is 10.7. The van der Waals surface area contributed by atoms with E-state index in [-0.39, 0.29) is 15.9 Å². The fourth-order valence-electron chi connectivity index (χ4n) is 3.51. The zero-order valence-electron chi connectivity index (χ0n) is 19.6.